The van der Waals surface area contributed by atoms with Crippen molar-refractivity contribution >= 4 is 23.5 Å². The minimum atomic E-state index is -0.569. The molecule has 0 aliphatic heterocycles. The second-order valence-corrected chi connectivity index (χ2v) is 4.20. The van der Waals surface area contributed by atoms with Crippen LogP contribution in [0.5, 0.6) is 0 Å². The summed E-state index contributed by atoms with van der Waals surface area (Å²) in [4.78, 5) is 22.7. The Morgan fingerprint density at radius 1 is 1.42 bits per heavy atom. The lowest BCUT2D eigenvalue weighted by Crippen LogP contribution is -2.25. The van der Waals surface area contributed by atoms with Gasteiger partial charge in [0.05, 0.1) is 11.6 Å². The van der Waals surface area contributed by atoms with Crippen molar-refractivity contribution in [2.45, 2.75) is 19.8 Å². The first-order chi connectivity index (χ1) is 9.04. The maximum atomic E-state index is 12.9. The number of ether oxygens (including phenoxy) is 1. The molecule has 0 spiro atoms. The van der Waals surface area contributed by atoms with Crippen molar-refractivity contribution in [3.63, 3.8) is 0 Å². The molecule has 104 valence electrons. The minimum Gasteiger partial charge on any atom is -0.466 e. The van der Waals surface area contributed by atoms with Gasteiger partial charge in [-0.3, -0.25) is 9.59 Å². The molecule has 1 rings (SSSR count). The van der Waals surface area contributed by atoms with Crippen LogP contribution in [0.4, 0.5) is 4.39 Å². The quantitative estimate of drug-likeness (QED) is 0.646. The van der Waals surface area contributed by atoms with Gasteiger partial charge in [0.25, 0.3) is 5.91 Å². The fraction of sp³-hybridized carbons (Fsp3) is 0.385. The van der Waals surface area contributed by atoms with Crippen molar-refractivity contribution in [1.82, 2.24) is 5.32 Å². The van der Waals surface area contributed by atoms with Crippen LogP contribution in [-0.4, -0.2) is 25.0 Å². The van der Waals surface area contributed by atoms with E-state index in [1.165, 1.54) is 12.1 Å². The van der Waals surface area contributed by atoms with E-state index < -0.39 is 5.82 Å². The van der Waals surface area contributed by atoms with Crippen molar-refractivity contribution in [1.29, 1.82) is 0 Å². The Morgan fingerprint density at radius 3 is 2.79 bits per heavy atom. The van der Waals surface area contributed by atoms with Gasteiger partial charge in [-0.2, -0.15) is 0 Å². The van der Waals surface area contributed by atoms with Gasteiger partial charge in [-0.15, -0.1) is 0 Å². The summed E-state index contributed by atoms with van der Waals surface area (Å²) in [7, 11) is 0. The minimum absolute atomic E-state index is 0.0980. The van der Waals surface area contributed by atoms with Crippen LogP contribution in [0.1, 0.15) is 30.1 Å². The highest BCUT2D eigenvalue weighted by Gasteiger charge is 2.08. The van der Waals surface area contributed by atoms with Crippen molar-refractivity contribution < 1.29 is 18.7 Å². The van der Waals surface area contributed by atoms with Crippen LogP contribution in [0.15, 0.2) is 18.2 Å². The monoisotopic (exact) mass is 287 g/mol. The van der Waals surface area contributed by atoms with E-state index in [0.29, 0.717) is 19.6 Å². The molecule has 6 heteroatoms. The molecule has 1 aromatic carbocycles. The van der Waals surface area contributed by atoms with Crippen LogP contribution >= 0.6 is 11.6 Å². The van der Waals surface area contributed by atoms with E-state index in [2.05, 4.69) is 5.32 Å². The van der Waals surface area contributed by atoms with Crippen LogP contribution in [0, 0.1) is 5.82 Å². The van der Waals surface area contributed by atoms with Gasteiger partial charge in [-0.05, 0) is 31.5 Å². The maximum Gasteiger partial charge on any atom is 0.305 e. The Balaban J connectivity index is 2.35. The first-order valence-electron chi connectivity index (χ1n) is 5.93. The Bertz CT molecular complexity index is 465. The van der Waals surface area contributed by atoms with Gasteiger partial charge in [0.15, 0.2) is 0 Å². The average Bonchev–Trinajstić information content (AvgIpc) is 2.38. The summed E-state index contributed by atoms with van der Waals surface area (Å²) in [5, 5.41) is 2.52. The van der Waals surface area contributed by atoms with Gasteiger partial charge in [0, 0.05) is 18.5 Å². The van der Waals surface area contributed by atoms with Crippen molar-refractivity contribution in [3.05, 3.63) is 34.6 Å². The lowest BCUT2D eigenvalue weighted by Gasteiger charge is -2.06. The van der Waals surface area contributed by atoms with E-state index >= 15 is 0 Å². The van der Waals surface area contributed by atoms with Crippen LogP contribution in [0.3, 0.4) is 0 Å². The second kappa shape index (κ2) is 7.74. The van der Waals surface area contributed by atoms with Crippen molar-refractivity contribution in [2.24, 2.45) is 0 Å². The Kier molecular flexibility index (Phi) is 6.29. The number of benzene rings is 1. The number of hydrogen-bond donors (Lipinski definition) is 1. The van der Waals surface area contributed by atoms with Crippen LogP contribution in [-0.2, 0) is 9.53 Å². The molecular weight excluding hydrogens is 273 g/mol. The molecule has 0 atom stereocenters. The van der Waals surface area contributed by atoms with E-state index in [0.717, 1.165) is 6.07 Å². The van der Waals surface area contributed by atoms with E-state index in [1.54, 1.807) is 6.92 Å². The molecule has 0 aromatic heterocycles. The molecule has 0 radical (unpaired) electrons. The Labute approximate surface area is 115 Å². The molecule has 0 saturated carbocycles. The molecule has 0 heterocycles. The van der Waals surface area contributed by atoms with E-state index in [4.69, 9.17) is 16.3 Å². The number of carbonyl (C=O) groups is 2. The van der Waals surface area contributed by atoms with E-state index in [1.807, 2.05) is 0 Å². The van der Waals surface area contributed by atoms with Gasteiger partial charge in [0.2, 0.25) is 0 Å². The molecule has 1 aromatic rings. The fourth-order valence-corrected chi connectivity index (χ4v) is 1.59. The third-order valence-corrected chi connectivity index (χ3v) is 2.62. The maximum absolute atomic E-state index is 12.9. The number of esters is 1. The average molecular weight is 288 g/mol. The van der Waals surface area contributed by atoms with Gasteiger partial charge in [-0.1, -0.05) is 11.6 Å². The smallest absolute Gasteiger partial charge is 0.305 e. The molecule has 0 aliphatic carbocycles. The molecule has 19 heavy (non-hydrogen) atoms. The fourth-order valence-electron chi connectivity index (χ4n) is 1.41. The number of amides is 1. The molecule has 0 bridgehead atoms. The summed E-state index contributed by atoms with van der Waals surface area (Å²) in [6.07, 6.45) is 0.734. The predicted octanol–water partition coefficient (Wildman–Crippen LogP) is 2.55. The lowest BCUT2D eigenvalue weighted by atomic mass is 10.2. The first kappa shape index (κ1) is 15.4. The Hall–Kier alpha value is -1.62. The zero-order valence-corrected chi connectivity index (χ0v) is 11.3. The summed E-state index contributed by atoms with van der Waals surface area (Å²) in [6, 6.07) is 3.75. The van der Waals surface area contributed by atoms with Gasteiger partial charge < -0.3 is 10.1 Å². The third-order valence-electron chi connectivity index (χ3n) is 2.33. The highest BCUT2D eigenvalue weighted by atomic mass is 35.5. The van der Waals surface area contributed by atoms with Gasteiger partial charge in [-0.25, -0.2) is 4.39 Å². The summed E-state index contributed by atoms with van der Waals surface area (Å²) in [5.41, 5.74) is 0.280. The molecule has 0 fully saturated rings. The van der Waals surface area contributed by atoms with Crippen LogP contribution in [0.2, 0.25) is 5.02 Å². The zero-order valence-electron chi connectivity index (χ0n) is 10.5. The number of rotatable bonds is 6. The molecule has 1 amide bonds. The van der Waals surface area contributed by atoms with Crippen molar-refractivity contribution in [3.8, 4) is 0 Å². The van der Waals surface area contributed by atoms with E-state index in [9.17, 15) is 14.0 Å². The largest absolute Gasteiger partial charge is 0.466 e. The van der Waals surface area contributed by atoms with E-state index in [-0.39, 0.29) is 28.9 Å². The first-order valence-corrected chi connectivity index (χ1v) is 6.31. The van der Waals surface area contributed by atoms with Gasteiger partial charge in [0.1, 0.15) is 5.82 Å². The van der Waals surface area contributed by atoms with Crippen molar-refractivity contribution in [2.75, 3.05) is 13.2 Å². The number of hydrogen-bond acceptors (Lipinski definition) is 3. The normalized spacial score (nSPS) is 10.1. The zero-order chi connectivity index (χ0) is 14.3. The number of nitrogens with one attached hydrogen (secondary N) is 1. The summed E-state index contributed by atoms with van der Waals surface area (Å²) >= 11 is 5.58. The summed E-state index contributed by atoms with van der Waals surface area (Å²) in [6.45, 7) is 2.42. The molecule has 4 nitrogen and oxygen atoms in total. The highest BCUT2D eigenvalue weighted by molar-refractivity contribution is 6.31. The Morgan fingerprint density at radius 2 is 2.16 bits per heavy atom. The van der Waals surface area contributed by atoms with Crippen LogP contribution < -0.4 is 5.32 Å². The summed E-state index contributed by atoms with van der Waals surface area (Å²) < 4.78 is 17.7. The van der Waals surface area contributed by atoms with Crippen LogP contribution in [0.25, 0.3) is 0 Å². The van der Waals surface area contributed by atoms with Gasteiger partial charge >= 0.3 is 5.97 Å². The molecule has 0 unspecified atom stereocenters. The molecule has 1 N–H and O–H groups in total. The second-order valence-electron chi connectivity index (χ2n) is 3.79. The lowest BCUT2D eigenvalue weighted by molar-refractivity contribution is -0.143. The molecule has 0 aliphatic rings. The predicted molar refractivity (Wildman–Crippen MR) is 69.6 cm³/mol. The number of carbonyl (C=O) groups excluding carboxylic acids is 2. The molecule has 0 saturated heterocycles. The highest BCUT2D eigenvalue weighted by Crippen LogP contribution is 2.15. The SMILES string of the molecule is CCOC(=O)CCCNC(=O)c1ccc(F)c(Cl)c1. The summed E-state index contributed by atoms with van der Waals surface area (Å²) in [5.74, 6) is -1.21. The third kappa shape index (κ3) is 5.26. The molecular formula is C13H15ClFNO3. The topological polar surface area (TPSA) is 55.4 Å². The standard InChI is InChI=1S/C13H15ClFNO3/c1-2-19-12(17)4-3-7-16-13(18)9-5-6-11(15)10(14)8-9/h5-6,8H,2-4,7H2,1H3,(H,16,18). The number of halogens is 2.